The minimum Gasteiger partial charge on any atom is -0.355 e. The highest BCUT2D eigenvalue weighted by atomic mass is 28.3. The first-order valence-electron chi connectivity index (χ1n) is 22.8. The van der Waals surface area contributed by atoms with Crippen molar-refractivity contribution in [2.75, 3.05) is 9.13 Å². The molecule has 11 aromatic rings. The molecule has 0 N–H and O–H groups in total. The lowest BCUT2D eigenvalue weighted by molar-refractivity contribution is 1.37. The van der Waals surface area contributed by atoms with Crippen molar-refractivity contribution in [3.63, 3.8) is 0 Å². The van der Waals surface area contributed by atoms with Crippen molar-refractivity contribution in [1.29, 1.82) is 0 Å². The molecule has 0 aliphatic carbocycles. The summed E-state index contributed by atoms with van der Waals surface area (Å²) < 4.78 is 5.56. The maximum atomic E-state index is 2.78. The van der Waals surface area contributed by atoms with Crippen LogP contribution in [0, 0.1) is 0 Å². The molecule has 66 heavy (non-hydrogen) atoms. The molecule has 0 fully saturated rings. The van der Waals surface area contributed by atoms with Gasteiger partial charge in [-0.1, -0.05) is 267 Å². The second kappa shape index (κ2) is 17.9. The highest BCUT2D eigenvalue weighted by Gasteiger charge is 2.50. The third-order valence-electron chi connectivity index (χ3n) is 13.2. The summed E-state index contributed by atoms with van der Waals surface area (Å²) >= 11 is 0. The first kappa shape index (κ1) is 40.7. The molecule has 0 atom stereocenters. The predicted molar refractivity (Wildman–Crippen MR) is 287 cm³/mol. The second-order valence-electron chi connectivity index (χ2n) is 16.7. The number of hydrogen-bond acceptors (Lipinski definition) is 2. The summed E-state index contributed by atoms with van der Waals surface area (Å²) in [6, 6.07) is 108. The van der Waals surface area contributed by atoms with E-state index in [9.17, 15) is 0 Å². The van der Waals surface area contributed by atoms with E-state index in [4.69, 9.17) is 0 Å². The molecule has 0 amide bonds. The fourth-order valence-corrected chi connectivity index (χ4v) is 20.4. The topological polar surface area (TPSA) is 6.48 Å². The molecule has 0 radical (unpaired) electrons. The van der Waals surface area contributed by atoms with E-state index >= 15 is 0 Å². The highest BCUT2D eigenvalue weighted by Crippen LogP contribution is 2.49. The predicted octanol–water partition coefficient (Wildman–Crippen LogP) is 11.6. The van der Waals surface area contributed by atoms with Crippen LogP contribution in [0.3, 0.4) is 0 Å². The van der Waals surface area contributed by atoms with Gasteiger partial charge in [0.1, 0.15) is 0 Å². The van der Waals surface area contributed by atoms with Crippen molar-refractivity contribution in [3.8, 4) is 0 Å². The molecule has 0 aliphatic rings. The van der Waals surface area contributed by atoms with Crippen LogP contribution in [0.4, 0.5) is 22.7 Å². The van der Waals surface area contributed by atoms with E-state index in [-0.39, 0.29) is 0 Å². The maximum absolute atomic E-state index is 3.24. The van der Waals surface area contributed by atoms with Crippen molar-refractivity contribution in [1.82, 2.24) is 0 Å². The van der Waals surface area contributed by atoms with Gasteiger partial charge in [-0.05, 0) is 55.4 Å². The Morgan fingerprint density at radius 1 is 0.182 bits per heavy atom. The van der Waals surface area contributed by atoms with Crippen LogP contribution in [-0.2, 0) is 0 Å². The third kappa shape index (κ3) is 6.78. The number of fused-ring (bicyclic) bond motifs is 2. The van der Waals surface area contributed by atoms with E-state index in [2.05, 4.69) is 300 Å². The van der Waals surface area contributed by atoms with Gasteiger partial charge < -0.3 is 9.13 Å². The van der Waals surface area contributed by atoms with Crippen molar-refractivity contribution in [3.05, 3.63) is 291 Å². The first-order valence-corrected chi connectivity index (χ1v) is 26.7. The zero-order chi connectivity index (χ0) is 44.2. The summed E-state index contributed by atoms with van der Waals surface area (Å²) in [7, 11) is -6.49. The molecule has 0 aliphatic heterocycles. The summed E-state index contributed by atoms with van der Waals surface area (Å²) in [5.41, 5.74) is 4.67. The van der Waals surface area contributed by atoms with E-state index in [1.165, 1.54) is 64.0 Å². The van der Waals surface area contributed by atoms with Crippen LogP contribution in [0.5, 0.6) is 0 Å². The van der Waals surface area contributed by atoms with Crippen molar-refractivity contribution >= 4 is 91.9 Å². The standard InChI is InChI=1S/C62H48N2Si2/c1-9-29-49(30-10-1)63(65(51-33-13-3-14-34-51,52-35-15-4-16-36-52)53-37-17-5-18-38-53)61-57-45-25-27-47-59(57)62(60-48-28-26-46-58(60)61)64(50-31-11-2-12-32-50)66(54-39-19-6-20-40-54,55-41-21-7-22-42-55)56-43-23-8-24-44-56/h1-48H. The van der Waals surface area contributed by atoms with Gasteiger partial charge in [0, 0.05) is 44.3 Å². The zero-order valence-corrected chi connectivity index (χ0v) is 38.6. The van der Waals surface area contributed by atoms with Crippen LogP contribution < -0.4 is 40.3 Å². The van der Waals surface area contributed by atoms with Crippen LogP contribution in [0.2, 0.25) is 0 Å². The quantitative estimate of drug-likeness (QED) is 0.0522. The van der Waals surface area contributed by atoms with Crippen LogP contribution >= 0.6 is 0 Å². The largest absolute Gasteiger partial charge is 0.355 e. The van der Waals surface area contributed by atoms with Gasteiger partial charge in [-0.3, -0.25) is 0 Å². The summed E-state index contributed by atoms with van der Waals surface area (Å²) in [5, 5.41) is 12.6. The third-order valence-corrected chi connectivity index (χ3v) is 22.5. The molecule has 11 rings (SSSR count). The fourth-order valence-electron chi connectivity index (χ4n) is 10.5. The highest BCUT2D eigenvalue weighted by molar-refractivity contribution is 7.15. The molecule has 0 spiro atoms. The molecule has 11 aromatic carbocycles. The molecular formula is C62H48N2Si2. The number of para-hydroxylation sites is 2. The van der Waals surface area contributed by atoms with Crippen LogP contribution in [-0.4, -0.2) is 16.5 Å². The lowest BCUT2D eigenvalue weighted by Crippen LogP contribution is -2.76. The van der Waals surface area contributed by atoms with Crippen LogP contribution in [0.1, 0.15) is 0 Å². The average molecular weight is 877 g/mol. The Kier molecular flexibility index (Phi) is 11.0. The monoisotopic (exact) mass is 876 g/mol. The molecule has 314 valence electrons. The molecule has 0 saturated carbocycles. The van der Waals surface area contributed by atoms with E-state index in [1.54, 1.807) is 0 Å². The van der Waals surface area contributed by atoms with Gasteiger partial charge in [-0.25, -0.2) is 0 Å². The van der Waals surface area contributed by atoms with Crippen molar-refractivity contribution in [2.24, 2.45) is 0 Å². The summed E-state index contributed by atoms with van der Waals surface area (Å²) in [6.07, 6.45) is 0. The van der Waals surface area contributed by atoms with Gasteiger partial charge in [0.05, 0.1) is 0 Å². The van der Waals surface area contributed by atoms with Crippen LogP contribution in [0.25, 0.3) is 21.5 Å². The lowest BCUT2D eigenvalue weighted by Gasteiger charge is -2.48. The molecule has 0 unspecified atom stereocenters. The van der Waals surface area contributed by atoms with Gasteiger partial charge in [0.15, 0.2) is 0 Å². The minimum absolute atomic E-state index is 1.14. The van der Waals surface area contributed by atoms with Gasteiger partial charge in [-0.2, -0.15) is 0 Å². The van der Waals surface area contributed by atoms with Gasteiger partial charge in [0.2, 0.25) is 0 Å². The van der Waals surface area contributed by atoms with E-state index < -0.39 is 16.5 Å². The van der Waals surface area contributed by atoms with E-state index in [0.29, 0.717) is 0 Å². The molecule has 0 bridgehead atoms. The zero-order valence-electron chi connectivity index (χ0n) is 36.6. The normalized spacial score (nSPS) is 11.6. The first-order chi connectivity index (χ1) is 32.8. The van der Waals surface area contributed by atoms with Gasteiger partial charge in [-0.15, -0.1) is 0 Å². The van der Waals surface area contributed by atoms with E-state index in [0.717, 1.165) is 11.4 Å². The Balaban J connectivity index is 1.35. The molecule has 4 heteroatoms. The summed E-state index contributed by atoms with van der Waals surface area (Å²) in [4.78, 5) is 0. The number of anilines is 4. The Labute approximate surface area is 390 Å². The molecule has 0 saturated heterocycles. The summed E-state index contributed by atoms with van der Waals surface area (Å²) in [6.45, 7) is 0. The Morgan fingerprint density at radius 2 is 0.348 bits per heavy atom. The van der Waals surface area contributed by atoms with Crippen molar-refractivity contribution in [2.45, 2.75) is 0 Å². The fraction of sp³-hybridized carbons (Fsp3) is 0. The lowest BCUT2D eigenvalue weighted by atomic mass is 9.97. The van der Waals surface area contributed by atoms with Crippen LogP contribution in [0.15, 0.2) is 291 Å². The SMILES string of the molecule is c1ccc(N(c2c3ccccc3c(N(c3ccccc3)[Si](c3ccccc3)(c3ccccc3)c3ccccc3)c3ccccc23)[Si](c2ccccc2)(c2ccccc2)c2ccccc2)cc1. The van der Waals surface area contributed by atoms with E-state index in [1.807, 2.05) is 0 Å². The maximum Gasteiger partial charge on any atom is 0.257 e. The van der Waals surface area contributed by atoms with Gasteiger partial charge in [0.25, 0.3) is 16.5 Å². The summed E-state index contributed by atoms with van der Waals surface area (Å²) in [5.74, 6) is 0. The molecule has 0 aromatic heterocycles. The minimum atomic E-state index is -3.24. The molecule has 2 nitrogen and oxygen atoms in total. The Hall–Kier alpha value is -8.03. The smallest absolute Gasteiger partial charge is 0.257 e. The van der Waals surface area contributed by atoms with Gasteiger partial charge >= 0.3 is 0 Å². The Morgan fingerprint density at radius 3 is 0.545 bits per heavy atom. The Bertz CT molecular complexity index is 2860. The number of nitrogens with zero attached hydrogens (tertiary/aromatic N) is 2. The average Bonchev–Trinajstić information content (AvgIpc) is 3.41. The second-order valence-corrected chi connectivity index (χ2v) is 23.9. The number of hydrogen-bond donors (Lipinski definition) is 0. The van der Waals surface area contributed by atoms with Crippen molar-refractivity contribution < 1.29 is 0 Å². The number of benzene rings is 11. The number of rotatable bonds is 12. The molecule has 0 heterocycles. The molecular weight excluding hydrogens is 829 g/mol.